The fourth-order valence-corrected chi connectivity index (χ4v) is 1.94. The molecule has 0 fully saturated rings. The van der Waals surface area contributed by atoms with Gasteiger partial charge in [-0.3, -0.25) is 4.79 Å². The number of methoxy groups -OCH3 is 1. The van der Waals surface area contributed by atoms with Gasteiger partial charge < -0.3 is 9.64 Å². The molecule has 1 atom stereocenters. The largest absolute Gasteiger partial charge is 0.496 e. The molecule has 0 saturated carbocycles. The number of aromatic nitrogens is 4. The number of carbonyl (C=O) groups is 1. The molecular weight excluding hydrogens is 258 g/mol. The second-order valence-electron chi connectivity index (χ2n) is 4.43. The molecule has 7 nitrogen and oxygen atoms in total. The summed E-state index contributed by atoms with van der Waals surface area (Å²) in [5, 5.41) is 10.7. The second-order valence-corrected chi connectivity index (χ2v) is 4.43. The monoisotopic (exact) mass is 275 g/mol. The fraction of sp³-hybridized carbons (Fsp3) is 0.385. The third-order valence-corrected chi connectivity index (χ3v) is 3.25. The molecule has 2 aromatic rings. The third kappa shape index (κ3) is 2.93. The highest BCUT2D eigenvalue weighted by Crippen LogP contribution is 2.28. The van der Waals surface area contributed by atoms with Crippen LogP contribution in [0.15, 0.2) is 30.6 Å². The molecule has 1 aromatic carbocycles. The van der Waals surface area contributed by atoms with Crippen LogP contribution in [0.2, 0.25) is 0 Å². The standard InChI is InChI=1S/C13H17N5O2/c1-10(11-6-4-5-7-12(11)20-3)17(2)13(19)8-18-9-14-15-16-18/h4-7,9-10H,8H2,1-3H3/t10-/m1/s1. The van der Waals surface area contributed by atoms with Gasteiger partial charge in [0.2, 0.25) is 5.91 Å². The Balaban J connectivity index is 2.11. The van der Waals surface area contributed by atoms with Crippen molar-refractivity contribution in [3.8, 4) is 5.75 Å². The smallest absolute Gasteiger partial charge is 0.244 e. The van der Waals surface area contributed by atoms with Gasteiger partial charge in [-0.05, 0) is 23.4 Å². The highest BCUT2D eigenvalue weighted by atomic mass is 16.5. The fourth-order valence-electron chi connectivity index (χ4n) is 1.94. The topological polar surface area (TPSA) is 73.1 Å². The van der Waals surface area contributed by atoms with Crippen molar-refractivity contribution in [2.24, 2.45) is 0 Å². The molecule has 0 unspecified atom stereocenters. The highest BCUT2D eigenvalue weighted by molar-refractivity contribution is 5.76. The number of rotatable bonds is 5. The molecule has 0 aliphatic rings. The van der Waals surface area contributed by atoms with Crippen molar-refractivity contribution in [1.82, 2.24) is 25.1 Å². The molecule has 1 aromatic heterocycles. The zero-order chi connectivity index (χ0) is 14.5. The SMILES string of the molecule is COc1ccccc1[C@@H](C)N(C)C(=O)Cn1cnnn1. The van der Waals surface area contributed by atoms with E-state index in [1.807, 2.05) is 31.2 Å². The molecule has 0 spiro atoms. The summed E-state index contributed by atoms with van der Waals surface area (Å²) in [5.74, 6) is 0.692. The van der Waals surface area contributed by atoms with Crippen LogP contribution in [0, 0.1) is 0 Å². The van der Waals surface area contributed by atoms with E-state index in [0.29, 0.717) is 0 Å². The minimum Gasteiger partial charge on any atom is -0.496 e. The van der Waals surface area contributed by atoms with Crippen LogP contribution >= 0.6 is 0 Å². The summed E-state index contributed by atoms with van der Waals surface area (Å²) in [6, 6.07) is 7.55. The Labute approximate surface area is 117 Å². The van der Waals surface area contributed by atoms with Gasteiger partial charge in [0, 0.05) is 12.6 Å². The Morgan fingerprint density at radius 1 is 1.45 bits per heavy atom. The molecule has 0 aliphatic heterocycles. The molecule has 0 aliphatic carbocycles. The van der Waals surface area contributed by atoms with Crippen LogP contribution < -0.4 is 4.74 Å². The lowest BCUT2D eigenvalue weighted by molar-refractivity contribution is -0.132. The highest BCUT2D eigenvalue weighted by Gasteiger charge is 2.20. The molecule has 1 amide bonds. The van der Waals surface area contributed by atoms with E-state index < -0.39 is 0 Å². The molecule has 20 heavy (non-hydrogen) atoms. The molecule has 7 heteroatoms. The number of likely N-dealkylation sites (N-methyl/N-ethyl adjacent to an activating group) is 1. The van der Waals surface area contributed by atoms with E-state index in [-0.39, 0.29) is 18.5 Å². The van der Waals surface area contributed by atoms with Crippen LogP contribution in [0.4, 0.5) is 0 Å². The first kappa shape index (κ1) is 14.0. The zero-order valence-electron chi connectivity index (χ0n) is 11.7. The summed E-state index contributed by atoms with van der Waals surface area (Å²) in [7, 11) is 3.37. The second kappa shape index (κ2) is 6.14. The van der Waals surface area contributed by atoms with Crippen LogP contribution in [0.1, 0.15) is 18.5 Å². The van der Waals surface area contributed by atoms with E-state index in [1.165, 1.54) is 11.0 Å². The molecule has 106 valence electrons. The lowest BCUT2D eigenvalue weighted by atomic mass is 10.1. The molecule has 0 radical (unpaired) electrons. The van der Waals surface area contributed by atoms with E-state index in [0.717, 1.165) is 11.3 Å². The number of tetrazole rings is 1. The van der Waals surface area contributed by atoms with Crippen molar-refractivity contribution in [1.29, 1.82) is 0 Å². The van der Waals surface area contributed by atoms with Gasteiger partial charge in [0.25, 0.3) is 0 Å². The Bertz CT molecular complexity index is 570. The average Bonchev–Trinajstić information content (AvgIpc) is 2.98. The third-order valence-electron chi connectivity index (χ3n) is 3.25. The summed E-state index contributed by atoms with van der Waals surface area (Å²) in [6.07, 6.45) is 1.42. The number of nitrogens with zero attached hydrogens (tertiary/aromatic N) is 5. The minimum absolute atomic E-state index is 0.0734. The van der Waals surface area contributed by atoms with Crippen molar-refractivity contribution < 1.29 is 9.53 Å². The lowest BCUT2D eigenvalue weighted by Crippen LogP contribution is -2.33. The predicted molar refractivity (Wildman–Crippen MR) is 72.0 cm³/mol. The first-order valence-corrected chi connectivity index (χ1v) is 6.23. The van der Waals surface area contributed by atoms with Gasteiger partial charge in [-0.15, -0.1) is 5.10 Å². The quantitative estimate of drug-likeness (QED) is 0.810. The number of ether oxygens (including phenoxy) is 1. The Morgan fingerprint density at radius 2 is 2.20 bits per heavy atom. The van der Waals surface area contributed by atoms with Gasteiger partial charge in [0.05, 0.1) is 13.2 Å². The summed E-state index contributed by atoms with van der Waals surface area (Å²) in [4.78, 5) is 13.8. The number of carbonyl (C=O) groups excluding carboxylic acids is 1. The number of hydrogen-bond donors (Lipinski definition) is 0. The first-order chi connectivity index (χ1) is 9.63. The molecule has 0 N–H and O–H groups in total. The first-order valence-electron chi connectivity index (χ1n) is 6.23. The van der Waals surface area contributed by atoms with Crippen LogP contribution in [0.25, 0.3) is 0 Å². The van der Waals surface area contributed by atoms with Gasteiger partial charge in [-0.1, -0.05) is 18.2 Å². The lowest BCUT2D eigenvalue weighted by Gasteiger charge is -2.26. The van der Waals surface area contributed by atoms with E-state index in [9.17, 15) is 4.79 Å². The van der Waals surface area contributed by atoms with Crippen molar-refractivity contribution in [2.45, 2.75) is 19.5 Å². The van der Waals surface area contributed by atoms with Gasteiger partial charge in [0.1, 0.15) is 18.6 Å². The maximum atomic E-state index is 12.2. The van der Waals surface area contributed by atoms with Crippen molar-refractivity contribution in [3.63, 3.8) is 0 Å². The number of para-hydroxylation sites is 1. The van der Waals surface area contributed by atoms with Gasteiger partial charge in [-0.25, -0.2) is 4.68 Å². The molecule has 0 bridgehead atoms. The van der Waals surface area contributed by atoms with Gasteiger partial charge >= 0.3 is 0 Å². The Hall–Kier alpha value is -2.44. The Kier molecular flexibility index (Phi) is 4.29. The molecule has 2 rings (SSSR count). The van der Waals surface area contributed by atoms with Crippen molar-refractivity contribution in [3.05, 3.63) is 36.2 Å². The number of amides is 1. The van der Waals surface area contributed by atoms with Crippen molar-refractivity contribution in [2.75, 3.05) is 14.2 Å². The summed E-state index contributed by atoms with van der Waals surface area (Å²) in [6.45, 7) is 2.07. The van der Waals surface area contributed by atoms with Crippen LogP contribution in [0.5, 0.6) is 5.75 Å². The molecule has 1 heterocycles. The van der Waals surface area contributed by atoms with E-state index in [2.05, 4.69) is 15.5 Å². The van der Waals surface area contributed by atoms with Crippen LogP contribution in [-0.2, 0) is 11.3 Å². The number of hydrogen-bond acceptors (Lipinski definition) is 5. The average molecular weight is 275 g/mol. The maximum Gasteiger partial charge on any atom is 0.244 e. The van der Waals surface area contributed by atoms with Gasteiger partial charge in [-0.2, -0.15) is 0 Å². The van der Waals surface area contributed by atoms with Crippen LogP contribution in [-0.4, -0.2) is 45.2 Å². The van der Waals surface area contributed by atoms with Crippen LogP contribution in [0.3, 0.4) is 0 Å². The molecular formula is C13H17N5O2. The zero-order valence-corrected chi connectivity index (χ0v) is 11.7. The summed E-state index contributed by atoms with van der Waals surface area (Å²) >= 11 is 0. The molecule has 0 saturated heterocycles. The van der Waals surface area contributed by atoms with E-state index in [4.69, 9.17) is 4.74 Å². The van der Waals surface area contributed by atoms with E-state index in [1.54, 1.807) is 19.1 Å². The summed E-state index contributed by atoms with van der Waals surface area (Å²) < 4.78 is 6.72. The Morgan fingerprint density at radius 3 is 2.85 bits per heavy atom. The minimum atomic E-state index is -0.102. The summed E-state index contributed by atoms with van der Waals surface area (Å²) in [5.41, 5.74) is 0.961. The normalized spacial score (nSPS) is 11.9. The van der Waals surface area contributed by atoms with Crippen molar-refractivity contribution >= 4 is 5.91 Å². The van der Waals surface area contributed by atoms with E-state index >= 15 is 0 Å². The van der Waals surface area contributed by atoms with Gasteiger partial charge in [0.15, 0.2) is 0 Å². The maximum absolute atomic E-state index is 12.2. The number of benzene rings is 1. The predicted octanol–water partition coefficient (Wildman–Crippen LogP) is 0.901.